The Morgan fingerprint density at radius 1 is 0.758 bits per heavy atom. The first-order valence-electron chi connectivity index (χ1n) is 10.1. The number of amides is 2. The number of hydrogen-bond donors (Lipinski definition) is 0. The normalized spacial score (nSPS) is 22.7. The van der Waals surface area contributed by atoms with Gasteiger partial charge < -0.3 is 0 Å². The van der Waals surface area contributed by atoms with Crippen molar-refractivity contribution in [1.29, 1.82) is 0 Å². The molecule has 0 aliphatic carbocycles. The molecule has 0 aromatic heterocycles. The number of halogens is 4. The molecular weight excluding hydrogens is 440 g/mol. The lowest BCUT2D eigenvalue weighted by atomic mass is 9.90. The Bertz CT molecular complexity index is 1200. The van der Waals surface area contributed by atoms with E-state index in [1.165, 1.54) is 29.3 Å². The van der Waals surface area contributed by atoms with E-state index in [4.69, 9.17) is 4.84 Å². The number of carbonyl (C=O) groups excluding carboxylic acids is 2. The number of benzene rings is 3. The number of alkyl halides is 3. The Balaban J connectivity index is 1.57. The zero-order valence-electron chi connectivity index (χ0n) is 16.9. The first-order valence-corrected chi connectivity index (χ1v) is 10.1. The molecule has 168 valence electrons. The van der Waals surface area contributed by atoms with Crippen LogP contribution in [-0.2, 0) is 20.6 Å². The van der Waals surface area contributed by atoms with Gasteiger partial charge in [-0.2, -0.15) is 13.2 Å². The average Bonchev–Trinajstić information content (AvgIpc) is 3.31. The lowest BCUT2D eigenvalue weighted by Gasteiger charge is -2.29. The van der Waals surface area contributed by atoms with Gasteiger partial charge in [0.05, 0.1) is 23.0 Å². The molecule has 33 heavy (non-hydrogen) atoms. The summed E-state index contributed by atoms with van der Waals surface area (Å²) in [5, 5.41) is 1.40. The molecule has 2 heterocycles. The predicted octanol–water partition coefficient (Wildman–Crippen LogP) is 4.90. The van der Waals surface area contributed by atoms with Crippen molar-refractivity contribution in [3.8, 4) is 0 Å². The summed E-state index contributed by atoms with van der Waals surface area (Å²) in [6, 6.07) is 17.2. The van der Waals surface area contributed by atoms with Crippen LogP contribution in [0, 0.1) is 11.7 Å². The topological polar surface area (TPSA) is 49.9 Å². The molecular formula is C24H16F4N2O3. The van der Waals surface area contributed by atoms with E-state index in [9.17, 15) is 27.2 Å². The Hall–Kier alpha value is -3.72. The maximum absolute atomic E-state index is 13.4. The van der Waals surface area contributed by atoms with Crippen molar-refractivity contribution in [3.05, 3.63) is 95.8 Å². The minimum Gasteiger partial charge on any atom is -0.273 e. The van der Waals surface area contributed by atoms with Crippen LogP contribution in [0.25, 0.3) is 0 Å². The quantitative estimate of drug-likeness (QED) is 0.416. The van der Waals surface area contributed by atoms with Crippen LogP contribution in [0.15, 0.2) is 78.9 Å². The Labute approximate surface area is 185 Å². The predicted molar refractivity (Wildman–Crippen MR) is 110 cm³/mol. The molecule has 0 saturated carbocycles. The highest BCUT2D eigenvalue weighted by Crippen LogP contribution is 2.47. The molecule has 3 atom stereocenters. The van der Waals surface area contributed by atoms with Crippen LogP contribution in [0.1, 0.15) is 17.2 Å². The van der Waals surface area contributed by atoms with Crippen LogP contribution in [-0.4, -0.2) is 17.9 Å². The highest BCUT2D eigenvalue weighted by atomic mass is 19.4. The SMILES string of the molecule is O=C1C2ON(c3ccccc3)C(c3ccc(C(F)(F)F)cc3)C2C(=O)N1c1ccc(F)cc1. The zero-order valence-corrected chi connectivity index (χ0v) is 16.9. The molecule has 2 amide bonds. The van der Waals surface area contributed by atoms with Gasteiger partial charge in [-0.3, -0.25) is 14.4 Å². The number of fused-ring (bicyclic) bond motifs is 1. The number of nitrogens with zero attached hydrogens (tertiary/aromatic N) is 2. The van der Waals surface area contributed by atoms with Gasteiger partial charge in [-0.25, -0.2) is 14.4 Å². The Kier molecular flexibility index (Phi) is 4.93. The molecule has 0 spiro atoms. The van der Waals surface area contributed by atoms with Crippen molar-refractivity contribution < 1.29 is 32.0 Å². The number of anilines is 2. The first kappa shape index (κ1) is 21.1. The minimum absolute atomic E-state index is 0.196. The molecule has 0 bridgehead atoms. The summed E-state index contributed by atoms with van der Waals surface area (Å²) < 4.78 is 52.5. The molecule has 2 aliphatic rings. The highest BCUT2D eigenvalue weighted by Gasteiger charge is 2.60. The van der Waals surface area contributed by atoms with E-state index in [2.05, 4.69) is 0 Å². The summed E-state index contributed by atoms with van der Waals surface area (Å²) in [5.41, 5.74) is 0.309. The van der Waals surface area contributed by atoms with Crippen molar-refractivity contribution in [2.24, 2.45) is 5.92 Å². The summed E-state index contributed by atoms with van der Waals surface area (Å²) in [6.07, 6.45) is -5.68. The molecule has 3 aromatic carbocycles. The van der Waals surface area contributed by atoms with Crippen molar-refractivity contribution in [2.45, 2.75) is 18.3 Å². The lowest BCUT2D eigenvalue weighted by Crippen LogP contribution is -2.37. The van der Waals surface area contributed by atoms with Crippen LogP contribution in [0.4, 0.5) is 28.9 Å². The van der Waals surface area contributed by atoms with Crippen molar-refractivity contribution in [1.82, 2.24) is 0 Å². The third-order valence-corrected chi connectivity index (χ3v) is 5.79. The maximum atomic E-state index is 13.4. The van der Waals surface area contributed by atoms with Crippen LogP contribution >= 0.6 is 0 Å². The number of para-hydroxylation sites is 1. The second-order valence-electron chi connectivity index (χ2n) is 7.77. The third kappa shape index (κ3) is 3.54. The van der Waals surface area contributed by atoms with Gasteiger partial charge in [-0.15, -0.1) is 0 Å². The third-order valence-electron chi connectivity index (χ3n) is 5.79. The second kappa shape index (κ2) is 7.70. The molecule has 0 radical (unpaired) electrons. The smallest absolute Gasteiger partial charge is 0.273 e. The van der Waals surface area contributed by atoms with Gasteiger partial charge in [-0.05, 0) is 54.1 Å². The van der Waals surface area contributed by atoms with Gasteiger partial charge in [-0.1, -0.05) is 30.3 Å². The van der Waals surface area contributed by atoms with E-state index in [0.717, 1.165) is 29.2 Å². The summed E-state index contributed by atoms with van der Waals surface area (Å²) in [7, 11) is 0. The van der Waals surface area contributed by atoms with Crippen LogP contribution in [0.3, 0.4) is 0 Å². The van der Waals surface area contributed by atoms with Crippen LogP contribution < -0.4 is 9.96 Å². The highest BCUT2D eigenvalue weighted by molar-refractivity contribution is 6.23. The fraction of sp³-hybridized carbons (Fsp3) is 0.167. The van der Waals surface area contributed by atoms with E-state index in [1.54, 1.807) is 30.3 Å². The summed E-state index contributed by atoms with van der Waals surface area (Å²) >= 11 is 0. The molecule has 0 N–H and O–H groups in total. The fourth-order valence-electron chi connectivity index (χ4n) is 4.27. The van der Waals surface area contributed by atoms with Gasteiger partial charge >= 0.3 is 6.18 Å². The number of hydrogen-bond acceptors (Lipinski definition) is 4. The maximum Gasteiger partial charge on any atom is 0.416 e. The number of hydroxylamine groups is 1. The van der Waals surface area contributed by atoms with Crippen molar-refractivity contribution in [3.63, 3.8) is 0 Å². The van der Waals surface area contributed by atoms with Gasteiger partial charge in [0, 0.05) is 0 Å². The second-order valence-corrected chi connectivity index (χ2v) is 7.77. The summed E-state index contributed by atoms with van der Waals surface area (Å²) in [5.74, 6) is -2.71. The van der Waals surface area contributed by atoms with E-state index in [0.29, 0.717) is 11.3 Å². The zero-order chi connectivity index (χ0) is 23.3. The first-order chi connectivity index (χ1) is 15.8. The monoisotopic (exact) mass is 456 g/mol. The summed E-state index contributed by atoms with van der Waals surface area (Å²) in [6.45, 7) is 0. The van der Waals surface area contributed by atoms with Crippen molar-refractivity contribution >= 4 is 23.2 Å². The van der Waals surface area contributed by atoms with Gasteiger partial charge in [0.15, 0.2) is 6.10 Å². The molecule has 2 aliphatic heterocycles. The number of imide groups is 1. The average molecular weight is 456 g/mol. The standard InChI is InChI=1S/C24H16F4N2O3/c25-16-10-12-17(13-11-16)29-22(31)19-20(14-6-8-15(9-7-14)24(26,27)28)30(33-21(19)23(29)32)18-4-2-1-3-5-18/h1-13,19-21H. The molecule has 9 heteroatoms. The molecule has 2 saturated heterocycles. The Morgan fingerprint density at radius 3 is 2.00 bits per heavy atom. The van der Waals surface area contributed by atoms with Crippen LogP contribution in [0.2, 0.25) is 0 Å². The largest absolute Gasteiger partial charge is 0.416 e. The molecule has 2 fully saturated rings. The minimum atomic E-state index is -4.51. The van der Waals surface area contributed by atoms with E-state index >= 15 is 0 Å². The van der Waals surface area contributed by atoms with E-state index < -0.39 is 47.4 Å². The molecule has 3 unspecified atom stereocenters. The van der Waals surface area contributed by atoms with Crippen molar-refractivity contribution in [2.75, 3.05) is 9.96 Å². The molecule has 3 aromatic rings. The number of rotatable bonds is 3. The number of carbonyl (C=O) groups is 2. The van der Waals surface area contributed by atoms with Gasteiger partial charge in [0.25, 0.3) is 5.91 Å². The van der Waals surface area contributed by atoms with E-state index in [1.807, 2.05) is 0 Å². The van der Waals surface area contributed by atoms with E-state index in [-0.39, 0.29) is 5.69 Å². The van der Waals surface area contributed by atoms with Gasteiger partial charge in [0.2, 0.25) is 5.91 Å². The molecule has 5 nitrogen and oxygen atoms in total. The molecule has 5 rings (SSSR count). The Morgan fingerprint density at radius 2 is 1.39 bits per heavy atom. The lowest BCUT2D eigenvalue weighted by molar-refractivity contribution is -0.137. The van der Waals surface area contributed by atoms with Crippen LogP contribution in [0.5, 0.6) is 0 Å². The van der Waals surface area contributed by atoms with Gasteiger partial charge in [0.1, 0.15) is 11.7 Å². The fourth-order valence-corrected chi connectivity index (χ4v) is 4.27. The summed E-state index contributed by atoms with van der Waals surface area (Å²) in [4.78, 5) is 33.4.